The number of nitrogens with one attached hydrogen (secondary N) is 2. The molecule has 9 nitrogen and oxygen atoms in total. The number of methoxy groups -OCH3 is 1. The summed E-state index contributed by atoms with van der Waals surface area (Å²) < 4.78 is 9.69. The molecule has 35 heavy (non-hydrogen) atoms. The Morgan fingerprint density at radius 1 is 1.03 bits per heavy atom. The molecular weight excluding hydrogens is 497 g/mol. The fraction of sp³-hybridized carbons (Fsp3) is 0.0833. The van der Waals surface area contributed by atoms with Gasteiger partial charge in [0.05, 0.1) is 39.4 Å². The maximum atomic E-state index is 12.7. The summed E-state index contributed by atoms with van der Waals surface area (Å²) in [6, 6.07) is 14.0. The van der Waals surface area contributed by atoms with Crippen molar-refractivity contribution in [1.29, 1.82) is 0 Å². The number of carbonyl (C=O) groups excluding carboxylic acids is 2. The third-order valence-electron chi connectivity index (χ3n) is 5.00. The number of halogens is 2. The number of anilines is 1. The number of nitrogens with zero attached hydrogens (tertiary/aromatic N) is 1. The highest BCUT2D eigenvalue weighted by Crippen LogP contribution is 2.29. The van der Waals surface area contributed by atoms with Crippen molar-refractivity contribution in [2.75, 3.05) is 19.0 Å². The van der Waals surface area contributed by atoms with Gasteiger partial charge in [0.15, 0.2) is 6.61 Å². The van der Waals surface area contributed by atoms with E-state index < -0.39 is 17.8 Å². The van der Waals surface area contributed by atoms with Crippen molar-refractivity contribution in [1.82, 2.24) is 9.97 Å². The van der Waals surface area contributed by atoms with Crippen LogP contribution in [-0.4, -0.2) is 46.6 Å². The smallest absolute Gasteiger partial charge is 0.343 e. The Labute approximate surface area is 208 Å². The molecule has 4 aromatic rings. The molecular formula is C24H17Cl2N3O6. The minimum absolute atomic E-state index is 0.0723. The van der Waals surface area contributed by atoms with Gasteiger partial charge in [0, 0.05) is 11.1 Å². The van der Waals surface area contributed by atoms with Gasteiger partial charge >= 0.3 is 11.9 Å². The molecule has 0 atom stereocenters. The monoisotopic (exact) mass is 513 g/mol. The summed E-state index contributed by atoms with van der Waals surface area (Å²) >= 11 is 12.1. The third kappa shape index (κ3) is 5.37. The van der Waals surface area contributed by atoms with E-state index in [1.807, 2.05) is 0 Å². The first-order valence-electron chi connectivity index (χ1n) is 10.1. The zero-order chi connectivity index (χ0) is 25.1. The number of carboxylic acids is 1. The van der Waals surface area contributed by atoms with Crippen LogP contribution in [0.2, 0.25) is 10.0 Å². The van der Waals surface area contributed by atoms with E-state index in [1.54, 1.807) is 36.4 Å². The van der Waals surface area contributed by atoms with Crippen molar-refractivity contribution in [3.63, 3.8) is 0 Å². The van der Waals surface area contributed by atoms with E-state index in [0.29, 0.717) is 26.9 Å². The van der Waals surface area contributed by atoms with Crippen LogP contribution in [0, 0.1) is 0 Å². The lowest BCUT2D eigenvalue weighted by molar-refractivity contribution is -0.142. The average molecular weight is 514 g/mol. The largest absolute Gasteiger partial charge is 0.482 e. The molecule has 1 heterocycles. The topological polar surface area (TPSA) is 131 Å². The second-order valence-corrected chi connectivity index (χ2v) is 8.09. The number of carbonyl (C=O) groups is 3. The molecule has 0 saturated heterocycles. The summed E-state index contributed by atoms with van der Waals surface area (Å²) in [7, 11) is 1.21. The summed E-state index contributed by atoms with van der Waals surface area (Å²) in [5, 5.41) is 12.9. The van der Waals surface area contributed by atoms with Crippen molar-refractivity contribution in [3.05, 3.63) is 75.8 Å². The zero-order valence-electron chi connectivity index (χ0n) is 18.1. The van der Waals surface area contributed by atoms with E-state index in [4.69, 9.17) is 27.9 Å². The van der Waals surface area contributed by atoms with Crippen molar-refractivity contribution >= 4 is 57.8 Å². The number of imidazole rings is 1. The van der Waals surface area contributed by atoms with Crippen LogP contribution >= 0.6 is 23.2 Å². The Hall–Kier alpha value is -4.08. The normalized spacial score (nSPS) is 10.7. The maximum Gasteiger partial charge on any atom is 0.343 e. The van der Waals surface area contributed by atoms with Crippen molar-refractivity contribution in [2.24, 2.45) is 0 Å². The lowest BCUT2D eigenvalue weighted by atomic mass is 10.1. The van der Waals surface area contributed by atoms with E-state index in [0.717, 1.165) is 11.1 Å². The van der Waals surface area contributed by atoms with Crippen LogP contribution in [-0.2, 0) is 9.53 Å². The molecule has 0 aliphatic rings. The Balaban J connectivity index is 1.51. The fourth-order valence-corrected chi connectivity index (χ4v) is 3.54. The Morgan fingerprint density at radius 3 is 2.43 bits per heavy atom. The molecule has 1 aromatic heterocycles. The van der Waals surface area contributed by atoms with Crippen LogP contribution in [0.5, 0.6) is 5.75 Å². The number of esters is 1. The highest BCUT2D eigenvalue weighted by Gasteiger charge is 2.16. The molecule has 0 bridgehead atoms. The number of hydrogen-bond acceptors (Lipinski definition) is 6. The minimum atomic E-state index is -1.27. The van der Waals surface area contributed by atoms with Crippen molar-refractivity contribution < 1.29 is 29.0 Å². The summed E-state index contributed by atoms with van der Waals surface area (Å²) in [6.07, 6.45) is 0. The van der Waals surface area contributed by atoms with Gasteiger partial charge in [0.1, 0.15) is 11.6 Å². The number of ether oxygens (including phenoxy) is 2. The van der Waals surface area contributed by atoms with Gasteiger partial charge in [0.2, 0.25) is 0 Å². The molecule has 0 radical (unpaired) electrons. The van der Waals surface area contributed by atoms with Crippen LogP contribution in [0.4, 0.5) is 5.69 Å². The van der Waals surface area contributed by atoms with Gasteiger partial charge < -0.3 is 24.9 Å². The molecule has 1 amide bonds. The van der Waals surface area contributed by atoms with Crippen LogP contribution in [0.15, 0.2) is 54.6 Å². The van der Waals surface area contributed by atoms with Gasteiger partial charge in [-0.25, -0.2) is 14.6 Å². The van der Waals surface area contributed by atoms with Gasteiger partial charge in [-0.15, -0.1) is 0 Å². The molecule has 178 valence electrons. The average Bonchev–Trinajstić information content (AvgIpc) is 3.25. The molecule has 11 heteroatoms. The number of hydrogen-bond donors (Lipinski definition) is 3. The number of H-pyrrole nitrogens is 1. The van der Waals surface area contributed by atoms with Crippen LogP contribution in [0.25, 0.3) is 22.4 Å². The number of rotatable bonds is 7. The maximum absolute atomic E-state index is 12.7. The number of fused-ring (bicyclic) bond motifs is 1. The SMILES string of the molecule is COC(=O)COc1ccc(NC(=O)c2ccc(-c3nc4cc(Cl)c(Cl)cc4[nH]3)cc2)c(C(=O)O)c1. The first-order chi connectivity index (χ1) is 16.7. The first-order valence-corrected chi connectivity index (χ1v) is 10.8. The molecule has 0 spiro atoms. The second-order valence-electron chi connectivity index (χ2n) is 7.28. The summed E-state index contributed by atoms with van der Waals surface area (Å²) in [6.45, 7) is -0.376. The van der Waals surface area contributed by atoms with Crippen molar-refractivity contribution in [2.45, 2.75) is 0 Å². The Bertz CT molecular complexity index is 1410. The molecule has 0 saturated carbocycles. The Kier molecular flexibility index (Phi) is 6.90. The highest BCUT2D eigenvalue weighted by molar-refractivity contribution is 6.42. The van der Waals surface area contributed by atoms with Gasteiger partial charge in [-0.1, -0.05) is 35.3 Å². The van der Waals surface area contributed by atoms with Crippen molar-refractivity contribution in [3.8, 4) is 17.1 Å². The minimum Gasteiger partial charge on any atom is -0.482 e. The van der Waals surface area contributed by atoms with Gasteiger partial charge in [-0.05, 0) is 42.5 Å². The van der Waals surface area contributed by atoms with Gasteiger partial charge in [-0.3, -0.25) is 4.79 Å². The molecule has 0 aliphatic carbocycles. The Morgan fingerprint density at radius 2 is 1.74 bits per heavy atom. The van der Waals surface area contributed by atoms with E-state index in [-0.39, 0.29) is 23.6 Å². The number of carboxylic acid groups (broad SMARTS) is 1. The standard InChI is InChI=1S/C24H17Cl2N3O6/c1-34-21(30)11-35-14-6-7-18(15(8-14)24(32)33)29-23(31)13-4-2-12(3-5-13)22-27-19-9-16(25)17(26)10-20(19)28-22/h2-10H,11H2,1H3,(H,27,28)(H,29,31)(H,32,33). The fourth-order valence-electron chi connectivity index (χ4n) is 3.22. The molecule has 0 fully saturated rings. The van der Waals surface area contributed by atoms with E-state index in [1.165, 1.54) is 25.3 Å². The van der Waals surface area contributed by atoms with E-state index >= 15 is 0 Å². The third-order valence-corrected chi connectivity index (χ3v) is 5.72. The molecule has 4 rings (SSSR count). The number of aromatic carboxylic acids is 1. The molecule has 3 aromatic carbocycles. The number of aromatic nitrogens is 2. The molecule has 0 unspecified atom stereocenters. The van der Waals surface area contributed by atoms with E-state index in [2.05, 4.69) is 20.0 Å². The molecule has 3 N–H and O–H groups in total. The predicted molar refractivity (Wildman–Crippen MR) is 130 cm³/mol. The number of amides is 1. The first kappa shape index (κ1) is 24.1. The summed E-state index contributed by atoms with van der Waals surface area (Å²) in [5.41, 5.74) is 2.27. The lowest BCUT2D eigenvalue weighted by Crippen LogP contribution is -2.16. The number of aromatic amines is 1. The van der Waals surface area contributed by atoms with Crippen LogP contribution in [0.3, 0.4) is 0 Å². The molecule has 0 aliphatic heterocycles. The lowest BCUT2D eigenvalue weighted by Gasteiger charge is -2.11. The quantitative estimate of drug-likeness (QED) is 0.295. The zero-order valence-corrected chi connectivity index (χ0v) is 19.6. The summed E-state index contributed by atoms with van der Waals surface area (Å²) in [4.78, 5) is 43.3. The van der Waals surface area contributed by atoms with E-state index in [9.17, 15) is 19.5 Å². The highest BCUT2D eigenvalue weighted by atomic mass is 35.5. The number of benzene rings is 3. The van der Waals surface area contributed by atoms with Gasteiger partial charge in [0.25, 0.3) is 5.91 Å². The van der Waals surface area contributed by atoms with Crippen LogP contribution in [0.1, 0.15) is 20.7 Å². The second kappa shape index (κ2) is 10.0. The summed E-state index contributed by atoms with van der Waals surface area (Å²) in [5.74, 6) is -1.68. The van der Waals surface area contributed by atoms with Crippen LogP contribution < -0.4 is 10.1 Å². The predicted octanol–water partition coefficient (Wildman–Crippen LogP) is 5.04. The van der Waals surface area contributed by atoms with Gasteiger partial charge in [-0.2, -0.15) is 0 Å².